The Morgan fingerprint density at radius 2 is 1.47 bits per heavy atom. The number of Topliss-reactive ketones (excluding diaryl/α,β-unsaturated/α-hetero) is 2. The Hall–Kier alpha value is -5.05. The van der Waals surface area contributed by atoms with Crippen LogP contribution < -0.4 is 5.56 Å². The van der Waals surface area contributed by atoms with Gasteiger partial charge in [0.15, 0.2) is 0 Å². The number of para-hydroxylation sites is 1. The molecule has 1 unspecified atom stereocenters. The average molecular weight is 481 g/mol. The van der Waals surface area contributed by atoms with Gasteiger partial charge in [0.2, 0.25) is 11.6 Å². The van der Waals surface area contributed by atoms with Crippen LogP contribution >= 0.6 is 0 Å². The van der Waals surface area contributed by atoms with Crippen molar-refractivity contribution in [3.05, 3.63) is 133 Å². The minimum Gasteiger partial charge on any atom is -0.507 e. The number of nitrogens with one attached hydrogen (secondary N) is 1. The molecule has 1 aliphatic rings. The number of carbonyl (C=O) groups excluding carboxylic acids is 2. The summed E-state index contributed by atoms with van der Waals surface area (Å²) in [4.78, 5) is 50.7. The van der Waals surface area contributed by atoms with E-state index < -0.39 is 33.7 Å². The number of aromatic amines is 1. The molecule has 1 aliphatic carbocycles. The summed E-state index contributed by atoms with van der Waals surface area (Å²) in [5.74, 6) is -3.32. The number of nitrogens with zero attached hydrogens (tertiary/aromatic N) is 2. The van der Waals surface area contributed by atoms with E-state index in [4.69, 9.17) is 0 Å². The second-order valence-electron chi connectivity index (χ2n) is 8.37. The number of benzene rings is 3. The van der Waals surface area contributed by atoms with Crippen LogP contribution in [0.3, 0.4) is 0 Å². The number of allylic oxidation sites excluding steroid dienone is 1. The molecule has 2 N–H and O–H groups in total. The van der Waals surface area contributed by atoms with E-state index in [9.17, 15) is 29.6 Å². The van der Waals surface area contributed by atoms with Crippen LogP contribution in [0.2, 0.25) is 0 Å². The van der Waals surface area contributed by atoms with Crippen molar-refractivity contribution in [2.45, 2.75) is 12.8 Å². The molecule has 1 heterocycles. The standard InChI is InChI=1S/C27H19N3O6/c1-15-21(27(34)29(28-15)17-7-3-2-4-8-17)22(16-11-13-18(14-12-16)30(35)36)23-24(31)19-9-5-6-10-20(19)25(32)26(23)33/h2-14,22,28,31H,1H3. The van der Waals surface area contributed by atoms with E-state index in [-0.39, 0.29) is 28.0 Å². The van der Waals surface area contributed by atoms with Crippen LogP contribution in [0, 0.1) is 17.0 Å². The van der Waals surface area contributed by atoms with E-state index in [1.54, 1.807) is 49.4 Å². The summed E-state index contributed by atoms with van der Waals surface area (Å²) in [7, 11) is 0. The molecule has 0 fully saturated rings. The third kappa shape index (κ3) is 3.54. The first-order chi connectivity index (χ1) is 17.3. The smallest absolute Gasteiger partial charge is 0.275 e. The van der Waals surface area contributed by atoms with Crippen molar-refractivity contribution in [3.63, 3.8) is 0 Å². The molecule has 9 heteroatoms. The van der Waals surface area contributed by atoms with Crippen LogP contribution in [0.15, 0.2) is 89.2 Å². The number of fused-ring (bicyclic) bond motifs is 1. The lowest BCUT2D eigenvalue weighted by atomic mass is 9.76. The number of nitro groups is 1. The van der Waals surface area contributed by atoms with E-state index in [0.29, 0.717) is 16.9 Å². The monoisotopic (exact) mass is 481 g/mol. The maximum atomic E-state index is 13.7. The Balaban J connectivity index is 1.80. The van der Waals surface area contributed by atoms with Crippen LogP contribution in [0.1, 0.15) is 38.7 Å². The maximum absolute atomic E-state index is 13.7. The third-order valence-corrected chi connectivity index (χ3v) is 6.28. The molecule has 0 saturated heterocycles. The molecule has 1 atom stereocenters. The zero-order valence-electron chi connectivity index (χ0n) is 19.0. The molecule has 0 saturated carbocycles. The van der Waals surface area contributed by atoms with E-state index in [1.807, 2.05) is 0 Å². The molecule has 9 nitrogen and oxygen atoms in total. The van der Waals surface area contributed by atoms with Crippen molar-refractivity contribution in [3.8, 4) is 5.69 Å². The lowest BCUT2D eigenvalue weighted by Crippen LogP contribution is -2.30. The van der Waals surface area contributed by atoms with Gasteiger partial charge in [0.25, 0.3) is 11.2 Å². The second-order valence-corrected chi connectivity index (χ2v) is 8.37. The van der Waals surface area contributed by atoms with Crippen molar-refractivity contribution in [1.82, 2.24) is 9.78 Å². The van der Waals surface area contributed by atoms with Crippen molar-refractivity contribution in [2.75, 3.05) is 0 Å². The van der Waals surface area contributed by atoms with Crippen LogP contribution in [-0.2, 0) is 4.79 Å². The number of aliphatic hydroxyl groups excluding tert-OH is 1. The number of H-pyrrole nitrogens is 1. The fourth-order valence-corrected chi connectivity index (χ4v) is 4.58. The molecule has 0 aliphatic heterocycles. The summed E-state index contributed by atoms with van der Waals surface area (Å²) in [5, 5.41) is 25.4. The third-order valence-electron chi connectivity index (χ3n) is 6.28. The number of carbonyl (C=O) groups is 2. The summed E-state index contributed by atoms with van der Waals surface area (Å²) in [6.45, 7) is 1.65. The second kappa shape index (κ2) is 8.62. The van der Waals surface area contributed by atoms with Gasteiger partial charge in [0.1, 0.15) is 5.76 Å². The highest BCUT2D eigenvalue weighted by Gasteiger charge is 2.40. The number of aliphatic hydroxyl groups is 1. The van der Waals surface area contributed by atoms with Crippen LogP contribution in [0.4, 0.5) is 5.69 Å². The quantitative estimate of drug-likeness (QED) is 0.249. The molecular weight excluding hydrogens is 462 g/mol. The van der Waals surface area contributed by atoms with Gasteiger partial charge in [-0.3, -0.25) is 29.6 Å². The molecule has 3 aromatic carbocycles. The molecule has 178 valence electrons. The van der Waals surface area contributed by atoms with Crippen molar-refractivity contribution >= 4 is 23.0 Å². The fraction of sp³-hybridized carbons (Fsp3) is 0.0741. The van der Waals surface area contributed by atoms with Gasteiger partial charge in [-0.15, -0.1) is 0 Å². The summed E-state index contributed by atoms with van der Waals surface area (Å²) >= 11 is 0. The van der Waals surface area contributed by atoms with Gasteiger partial charge in [0.05, 0.1) is 21.7 Å². The van der Waals surface area contributed by atoms with Crippen molar-refractivity contribution < 1.29 is 19.6 Å². The lowest BCUT2D eigenvalue weighted by molar-refractivity contribution is -0.384. The predicted octanol–water partition coefficient (Wildman–Crippen LogP) is 4.25. The molecule has 0 spiro atoms. The Morgan fingerprint density at radius 1 is 0.861 bits per heavy atom. The van der Waals surface area contributed by atoms with Crippen LogP contribution in [0.5, 0.6) is 0 Å². The first-order valence-corrected chi connectivity index (χ1v) is 11.0. The van der Waals surface area contributed by atoms with Gasteiger partial charge in [-0.05, 0) is 24.6 Å². The molecule has 1 aromatic heterocycles. The summed E-state index contributed by atoms with van der Waals surface area (Å²) in [6, 6.07) is 20.3. The topological polar surface area (TPSA) is 135 Å². The molecule has 0 amide bonds. The SMILES string of the molecule is Cc1[nH]n(-c2ccccc2)c(=O)c1C(C1=C(O)c2ccccc2C(=O)C1=O)c1ccc([N+](=O)[O-])cc1. The van der Waals surface area contributed by atoms with Gasteiger partial charge in [-0.1, -0.05) is 54.6 Å². The van der Waals surface area contributed by atoms with Crippen molar-refractivity contribution in [2.24, 2.45) is 0 Å². The normalized spacial score (nSPS) is 14.0. The van der Waals surface area contributed by atoms with E-state index >= 15 is 0 Å². The Bertz CT molecular complexity index is 1630. The van der Waals surface area contributed by atoms with Crippen molar-refractivity contribution in [1.29, 1.82) is 0 Å². The zero-order valence-corrected chi connectivity index (χ0v) is 19.0. The minimum absolute atomic E-state index is 0.0682. The number of rotatable bonds is 5. The predicted molar refractivity (Wildman–Crippen MR) is 131 cm³/mol. The Labute approximate surface area is 204 Å². The fourth-order valence-electron chi connectivity index (χ4n) is 4.58. The highest BCUT2D eigenvalue weighted by Crippen LogP contribution is 2.40. The van der Waals surface area contributed by atoms with E-state index in [2.05, 4.69) is 5.10 Å². The molecule has 0 radical (unpaired) electrons. The van der Waals surface area contributed by atoms with Gasteiger partial charge in [-0.25, -0.2) is 4.68 Å². The summed E-state index contributed by atoms with van der Waals surface area (Å²) < 4.78 is 1.31. The van der Waals surface area contributed by atoms with Crippen LogP contribution in [0.25, 0.3) is 11.4 Å². The molecule has 0 bridgehead atoms. The maximum Gasteiger partial charge on any atom is 0.275 e. The number of hydrogen-bond acceptors (Lipinski definition) is 6. The summed E-state index contributed by atoms with van der Waals surface area (Å²) in [5.41, 5.74) is 0.754. The Kier molecular flexibility index (Phi) is 5.44. The highest BCUT2D eigenvalue weighted by atomic mass is 16.6. The van der Waals surface area contributed by atoms with Gasteiger partial charge in [-0.2, -0.15) is 0 Å². The first-order valence-electron chi connectivity index (χ1n) is 11.0. The van der Waals surface area contributed by atoms with Gasteiger partial charge in [0, 0.05) is 34.9 Å². The number of ketones is 2. The molecule has 36 heavy (non-hydrogen) atoms. The first kappa shape index (κ1) is 22.7. The summed E-state index contributed by atoms with van der Waals surface area (Å²) in [6.07, 6.45) is 0. The number of aryl methyl sites for hydroxylation is 1. The Morgan fingerprint density at radius 3 is 2.11 bits per heavy atom. The largest absolute Gasteiger partial charge is 0.507 e. The highest BCUT2D eigenvalue weighted by molar-refractivity contribution is 6.52. The van der Waals surface area contributed by atoms with E-state index in [0.717, 1.165) is 0 Å². The minimum atomic E-state index is -1.16. The molecule has 5 rings (SSSR count). The van der Waals surface area contributed by atoms with Crippen LogP contribution in [-0.4, -0.2) is 31.4 Å². The number of nitro benzene ring substituents is 1. The number of hydrogen-bond donors (Lipinski definition) is 2. The van der Waals surface area contributed by atoms with E-state index in [1.165, 1.54) is 41.1 Å². The van der Waals surface area contributed by atoms with Gasteiger partial charge < -0.3 is 5.11 Å². The lowest BCUT2D eigenvalue weighted by Gasteiger charge is -2.24. The zero-order chi connectivity index (χ0) is 25.6. The number of aromatic nitrogens is 2. The van der Waals surface area contributed by atoms with Gasteiger partial charge >= 0.3 is 0 Å². The molecular formula is C27H19N3O6. The average Bonchev–Trinajstić information content (AvgIpc) is 3.19. The molecule has 4 aromatic rings. The number of non-ortho nitro benzene ring substituents is 1.